The van der Waals surface area contributed by atoms with Gasteiger partial charge < -0.3 is 9.47 Å². The highest BCUT2D eigenvalue weighted by molar-refractivity contribution is 9.11. The summed E-state index contributed by atoms with van der Waals surface area (Å²) in [6.45, 7) is 0.625. The van der Waals surface area contributed by atoms with E-state index in [1.54, 1.807) is 7.11 Å². The molecule has 1 unspecified atom stereocenters. The van der Waals surface area contributed by atoms with Gasteiger partial charge in [0, 0.05) is 18.1 Å². The zero-order valence-corrected chi connectivity index (χ0v) is 9.20. The lowest BCUT2D eigenvalue weighted by molar-refractivity contribution is -0.000979. The second kappa shape index (κ2) is 4.62. The highest BCUT2D eigenvalue weighted by Crippen LogP contribution is 2.23. The van der Waals surface area contributed by atoms with Gasteiger partial charge in [-0.2, -0.15) is 0 Å². The molecule has 0 aromatic carbocycles. The minimum Gasteiger partial charge on any atom is -0.453 e. The third kappa shape index (κ3) is 2.22. The number of nitrogens with zero attached hydrogens (tertiary/aromatic N) is 1. The Labute approximate surface area is 85.6 Å². The highest BCUT2D eigenvalue weighted by Gasteiger charge is 2.28. The summed E-state index contributed by atoms with van der Waals surface area (Å²) in [5.41, 5.74) is 0. The summed E-state index contributed by atoms with van der Waals surface area (Å²) in [6, 6.07) is 0. The molecule has 0 saturated heterocycles. The summed E-state index contributed by atoms with van der Waals surface area (Å²) in [4.78, 5) is 12.8. The van der Waals surface area contributed by atoms with E-state index in [4.69, 9.17) is 4.74 Å². The number of hydrogen-bond donors (Lipinski definition) is 0. The smallest absolute Gasteiger partial charge is 0.411 e. The zero-order chi connectivity index (χ0) is 9.84. The molecule has 1 aliphatic rings. The van der Waals surface area contributed by atoms with Crippen LogP contribution in [0.5, 0.6) is 0 Å². The number of hydrogen-bond acceptors (Lipinski definition) is 3. The number of halogens is 1. The van der Waals surface area contributed by atoms with Gasteiger partial charge in [-0.25, -0.2) is 4.79 Å². The molecular formula is C8H12BrNO3. The molecule has 5 heteroatoms. The van der Waals surface area contributed by atoms with Crippen molar-refractivity contribution in [3.63, 3.8) is 0 Å². The van der Waals surface area contributed by atoms with E-state index in [2.05, 4.69) is 20.7 Å². The fraction of sp³-hybridized carbons (Fsp3) is 0.625. The Morgan fingerprint density at radius 2 is 2.38 bits per heavy atom. The maximum atomic E-state index is 11.3. The molecule has 0 aromatic heterocycles. The molecule has 0 radical (unpaired) electrons. The van der Waals surface area contributed by atoms with Gasteiger partial charge >= 0.3 is 6.09 Å². The van der Waals surface area contributed by atoms with Gasteiger partial charge in [-0.3, -0.25) is 4.90 Å². The first-order valence-corrected chi connectivity index (χ1v) is 4.73. The van der Waals surface area contributed by atoms with Crippen molar-refractivity contribution in [3.05, 3.63) is 10.6 Å². The van der Waals surface area contributed by atoms with E-state index >= 15 is 0 Å². The maximum absolute atomic E-state index is 11.3. The Bertz CT molecular complexity index is 229. The van der Waals surface area contributed by atoms with E-state index in [0.717, 1.165) is 10.9 Å². The molecule has 0 spiro atoms. The van der Waals surface area contributed by atoms with Gasteiger partial charge in [0.05, 0.1) is 7.11 Å². The van der Waals surface area contributed by atoms with E-state index in [9.17, 15) is 4.79 Å². The first-order chi connectivity index (χ1) is 6.20. The quantitative estimate of drug-likeness (QED) is 0.711. The predicted octanol–water partition coefficient (Wildman–Crippen LogP) is 1.71. The summed E-state index contributed by atoms with van der Waals surface area (Å²) in [7, 11) is 2.92. The van der Waals surface area contributed by atoms with Crippen LogP contribution in [-0.2, 0) is 9.47 Å². The number of carbonyl (C=O) groups is 1. The number of carbonyl (C=O) groups excluding carboxylic acids is 1. The lowest BCUT2D eigenvalue weighted by Gasteiger charge is -2.31. The molecule has 1 atom stereocenters. The Balaban J connectivity index is 2.75. The highest BCUT2D eigenvalue weighted by atomic mass is 79.9. The van der Waals surface area contributed by atoms with Crippen LogP contribution in [0.25, 0.3) is 0 Å². The number of amides is 1. The van der Waals surface area contributed by atoms with Crippen molar-refractivity contribution >= 4 is 22.0 Å². The van der Waals surface area contributed by atoms with Crippen LogP contribution in [0, 0.1) is 0 Å². The van der Waals surface area contributed by atoms with Gasteiger partial charge in [0.15, 0.2) is 6.23 Å². The molecule has 0 aromatic rings. The topological polar surface area (TPSA) is 38.8 Å². The van der Waals surface area contributed by atoms with E-state index in [1.807, 2.05) is 6.08 Å². The molecule has 0 N–H and O–H groups in total. The molecule has 4 nitrogen and oxygen atoms in total. The maximum Gasteiger partial charge on any atom is 0.411 e. The van der Waals surface area contributed by atoms with E-state index in [-0.39, 0.29) is 12.3 Å². The second-order valence-electron chi connectivity index (χ2n) is 2.63. The van der Waals surface area contributed by atoms with Gasteiger partial charge in [-0.15, -0.1) is 0 Å². The lowest BCUT2D eigenvalue weighted by atomic mass is 10.2. The summed E-state index contributed by atoms with van der Waals surface area (Å²) >= 11 is 3.34. The Morgan fingerprint density at radius 3 is 2.92 bits per heavy atom. The minimum absolute atomic E-state index is 0.346. The molecule has 0 bridgehead atoms. The first kappa shape index (κ1) is 10.5. The molecular weight excluding hydrogens is 238 g/mol. The standard InChI is InChI=1S/C8H12BrNO3/c1-12-7-6(9)4-3-5-10(7)8(11)13-2/h4,7H,3,5H2,1-2H3. The molecule has 0 saturated carbocycles. The summed E-state index contributed by atoms with van der Waals surface area (Å²) in [6.07, 6.45) is 2.10. The summed E-state index contributed by atoms with van der Waals surface area (Å²) in [5.74, 6) is 0. The van der Waals surface area contributed by atoms with Crippen molar-refractivity contribution in [2.45, 2.75) is 12.6 Å². The van der Waals surface area contributed by atoms with Crippen molar-refractivity contribution < 1.29 is 14.3 Å². The largest absolute Gasteiger partial charge is 0.453 e. The summed E-state index contributed by atoms with van der Waals surface area (Å²) in [5, 5.41) is 0. The third-order valence-electron chi connectivity index (χ3n) is 1.86. The van der Waals surface area contributed by atoms with Crippen LogP contribution < -0.4 is 0 Å². The van der Waals surface area contributed by atoms with Crippen molar-refractivity contribution in [1.82, 2.24) is 4.90 Å². The van der Waals surface area contributed by atoms with Crippen LogP contribution in [0.4, 0.5) is 4.79 Å². The van der Waals surface area contributed by atoms with Crippen molar-refractivity contribution in [3.8, 4) is 0 Å². The molecule has 1 aliphatic heterocycles. The average molecular weight is 250 g/mol. The Kier molecular flexibility index (Phi) is 3.74. The molecule has 13 heavy (non-hydrogen) atoms. The summed E-state index contributed by atoms with van der Waals surface area (Å²) < 4.78 is 10.6. The monoisotopic (exact) mass is 249 g/mol. The van der Waals surface area contributed by atoms with Crippen molar-refractivity contribution in [2.75, 3.05) is 20.8 Å². The van der Waals surface area contributed by atoms with Crippen LogP contribution in [0.3, 0.4) is 0 Å². The Morgan fingerprint density at radius 1 is 1.69 bits per heavy atom. The molecule has 1 heterocycles. The number of rotatable bonds is 1. The van der Waals surface area contributed by atoms with Gasteiger partial charge in [-0.05, 0) is 6.42 Å². The van der Waals surface area contributed by atoms with Crippen LogP contribution in [0.15, 0.2) is 10.6 Å². The van der Waals surface area contributed by atoms with Gasteiger partial charge in [0.2, 0.25) is 0 Å². The normalized spacial score (nSPS) is 22.5. The SMILES string of the molecule is COC(=O)N1CCC=C(Br)C1OC. The fourth-order valence-corrected chi connectivity index (χ4v) is 1.92. The van der Waals surface area contributed by atoms with E-state index < -0.39 is 0 Å². The van der Waals surface area contributed by atoms with E-state index in [1.165, 1.54) is 12.0 Å². The van der Waals surface area contributed by atoms with Crippen LogP contribution in [0.1, 0.15) is 6.42 Å². The predicted molar refractivity (Wildman–Crippen MR) is 51.5 cm³/mol. The first-order valence-electron chi connectivity index (χ1n) is 3.93. The average Bonchev–Trinajstić information content (AvgIpc) is 2.16. The molecule has 1 rings (SSSR count). The van der Waals surface area contributed by atoms with E-state index in [0.29, 0.717) is 6.54 Å². The molecule has 74 valence electrons. The van der Waals surface area contributed by atoms with Gasteiger partial charge in [0.25, 0.3) is 0 Å². The number of ether oxygens (including phenoxy) is 2. The Hall–Kier alpha value is -0.550. The van der Waals surface area contributed by atoms with Crippen molar-refractivity contribution in [2.24, 2.45) is 0 Å². The minimum atomic E-state index is -0.364. The molecule has 0 fully saturated rings. The van der Waals surface area contributed by atoms with Crippen molar-refractivity contribution in [1.29, 1.82) is 0 Å². The van der Waals surface area contributed by atoms with Crippen LogP contribution >= 0.6 is 15.9 Å². The fourth-order valence-electron chi connectivity index (χ4n) is 1.25. The lowest BCUT2D eigenvalue weighted by Crippen LogP contribution is -2.44. The molecule has 0 aliphatic carbocycles. The van der Waals surface area contributed by atoms with Crippen LogP contribution in [-0.4, -0.2) is 38.0 Å². The second-order valence-corrected chi connectivity index (χ2v) is 3.54. The van der Waals surface area contributed by atoms with Gasteiger partial charge in [-0.1, -0.05) is 22.0 Å². The number of methoxy groups -OCH3 is 2. The van der Waals surface area contributed by atoms with Gasteiger partial charge in [0.1, 0.15) is 0 Å². The molecule has 1 amide bonds. The third-order valence-corrected chi connectivity index (χ3v) is 2.58. The zero-order valence-electron chi connectivity index (χ0n) is 7.62. The van der Waals surface area contributed by atoms with Crippen LogP contribution in [0.2, 0.25) is 0 Å².